The number of amides is 4. The van der Waals surface area contributed by atoms with Gasteiger partial charge in [-0.3, -0.25) is 24.0 Å². The van der Waals surface area contributed by atoms with Crippen LogP contribution in [0.4, 0.5) is 22.4 Å². The predicted molar refractivity (Wildman–Crippen MR) is 216 cm³/mol. The third kappa shape index (κ3) is 8.11. The molecule has 7 atom stereocenters. The molecular formula is C42H53F4N5O10S. The number of carbonyl (C=O) groups is 4. The molecule has 5 aliphatic rings. The van der Waals surface area contributed by atoms with Gasteiger partial charge in [0.15, 0.2) is 0 Å². The van der Waals surface area contributed by atoms with Gasteiger partial charge in [-0.05, 0) is 101 Å². The summed E-state index contributed by atoms with van der Waals surface area (Å²) in [4.78, 5) is 62.6. The Bertz CT molecular complexity index is 2270. The van der Waals surface area contributed by atoms with Gasteiger partial charge in [0.2, 0.25) is 33.6 Å². The smallest absolute Gasteiger partial charge is 0.411 e. The number of alkyl halides is 4. The number of rotatable bonds is 9. The Morgan fingerprint density at radius 2 is 1.87 bits per heavy atom. The van der Waals surface area contributed by atoms with E-state index in [0.717, 1.165) is 22.3 Å². The minimum absolute atomic E-state index is 0.000348. The number of aromatic nitrogens is 1. The zero-order valence-electron chi connectivity index (χ0n) is 35.2. The van der Waals surface area contributed by atoms with E-state index in [1.807, 2.05) is 11.6 Å². The van der Waals surface area contributed by atoms with Gasteiger partial charge in [-0.25, -0.2) is 17.6 Å². The van der Waals surface area contributed by atoms with Crippen LogP contribution in [0.2, 0.25) is 0 Å². The lowest BCUT2D eigenvalue weighted by molar-refractivity contribution is -0.222. The van der Waals surface area contributed by atoms with Crippen molar-refractivity contribution in [2.45, 2.75) is 126 Å². The molecule has 2 aromatic rings. The Morgan fingerprint density at radius 3 is 2.52 bits per heavy atom. The van der Waals surface area contributed by atoms with Crippen LogP contribution in [0, 0.1) is 17.8 Å². The van der Waals surface area contributed by atoms with Crippen molar-refractivity contribution in [3.05, 3.63) is 35.9 Å². The summed E-state index contributed by atoms with van der Waals surface area (Å²) in [5.41, 5.74) is -4.11. The molecule has 0 radical (unpaired) electrons. The maximum Gasteiger partial charge on any atom is 0.411 e. The normalized spacial score (nSPS) is 28.8. The Labute approximate surface area is 356 Å². The summed E-state index contributed by atoms with van der Waals surface area (Å²) in [5.74, 6) is -4.15. The monoisotopic (exact) mass is 895 g/mol. The van der Waals surface area contributed by atoms with Gasteiger partial charge in [-0.2, -0.15) is 18.2 Å². The van der Waals surface area contributed by atoms with E-state index in [1.54, 1.807) is 30.4 Å². The number of carbonyl (C=O) groups excluding carboxylic acids is 3. The predicted octanol–water partition coefficient (Wildman–Crippen LogP) is 5.44. The van der Waals surface area contributed by atoms with E-state index in [2.05, 4.69) is 10.3 Å². The molecule has 4 heterocycles. The van der Waals surface area contributed by atoms with E-state index in [-0.39, 0.29) is 48.8 Å². The van der Waals surface area contributed by atoms with Gasteiger partial charge in [-0.1, -0.05) is 26.0 Å². The summed E-state index contributed by atoms with van der Waals surface area (Å²) in [6.07, 6.45) is -2.71. The standard InChI is InChI=1S/C42H53F4N5O10S/c1-23-9-6-7-10-25-20-41(25,37(54)49-62(57,58)40(22-43)14-15-40)48-33(52)31-19-27(61-35-29-13-12-26(59-5)18-30(29)28-11-8-16-60-34(28)47-35)21-50(31)36(53)32(24(2)17-23)51(38(55)56)39(3,4)42(44,45)46/h7,10,12-13,18,23-25,27,31-32H,6,8-9,11,14-17,19-22H2,1-5H3,(H,48,52)(H,49,54)(H,55,56)/t23-,24-,25-,27-,31+,32+,41-/m1/s1. The van der Waals surface area contributed by atoms with Crippen LogP contribution in [-0.4, -0.2) is 119 Å². The summed E-state index contributed by atoms with van der Waals surface area (Å²) < 4.78 is 103. The van der Waals surface area contributed by atoms with E-state index in [9.17, 15) is 45.5 Å². The fraction of sp³-hybridized carbons (Fsp3) is 0.643. The average molecular weight is 896 g/mol. The molecule has 20 heteroatoms. The number of carboxylic acid groups (broad SMARTS) is 1. The number of hydrogen-bond donors (Lipinski definition) is 3. The average Bonchev–Trinajstić information content (AvgIpc) is 4.11. The second kappa shape index (κ2) is 16.3. The second-order valence-corrected chi connectivity index (χ2v) is 20.1. The summed E-state index contributed by atoms with van der Waals surface area (Å²) >= 11 is 0. The fourth-order valence-electron chi connectivity index (χ4n) is 9.19. The van der Waals surface area contributed by atoms with Crippen molar-refractivity contribution in [2.24, 2.45) is 17.8 Å². The number of fused-ring (bicyclic) bond motifs is 5. The van der Waals surface area contributed by atoms with E-state index in [1.165, 1.54) is 14.0 Å². The van der Waals surface area contributed by atoms with Crippen LogP contribution in [0.3, 0.4) is 0 Å². The molecular weight excluding hydrogens is 843 g/mol. The van der Waals surface area contributed by atoms with Gasteiger partial charge in [0, 0.05) is 23.3 Å². The Kier molecular flexibility index (Phi) is 11.9. The molecule has 0 spiro atoms. The van der Waals surface area contributed by atoms with Gasteiger partial charge in [-0.15, -0.1) is 0 Å². The Hall–Kier alpha value is -4.88. The number of allylic oxidation sites excluding steroid dienone is 1. The molecule has 4 amide bonds. The van der Waals surface area contributed by atoms with Crippen LogP contribution < -0.4 is 24.2 Å². The molecule has 340 valence electrons. The van der Waals surface area contributed by atoms with Crippen molar-refractivity contribution >= 4 is 44.6 Å². The number of benzene rings is 1. The molecule has 2 aliphatic carbocycles. The zero-order valence-corrected chi connectivity index (χ0v) is 36.0. The van der Waals surface area contributed by atoms with Crippen LogP contribution >= 0.6 is 0 Å². The van der Waals surface area contributed by atoms with Gasteiger partial charge in [0.1, 0.15) is 46.4 Å². The number of pyridine rings is 1. The third-order valence-corrected chi connectivity index (χ3v) is 15.4. The van der Waals surface area contributed by atoms with Crippen molar-refractivity contribution in [1.29, 1.82) is 0 Å². The number of sulfonamides is 1. The second-order valence-electron chi connectivity index (χ2n) is 18.0. The molecule has 15 nitrogen and oxygen atoms in total. The maximum atomic E-state index is 15.1. The first-order valence-electron chi connectivity index (χ1n) is 20.9. The lowest BCUT2D eigenvalue weighted by atomic mass is 9.85. The molecule has 1 aromatic carbocycles. The molecule has 0 unspecified atom stereocenters. The minimum Gasteiger partial charge on any atom is -0.497 e. The van der Waals surface area contributed by atoms with Crippen LogP contribution in [-0.2, 0) is 30.8 Å². The Balaban J connectivity index is 1.31. The molecule has 2 saturated carbocycles. The number of nitrogens with zero attached hydrogens (tertiary/aromatic N) is 3. The highest BCUT2D eigenvalue weighted by Crippen LogP contribution is 2.48. The SMILES string of the molecule is COc1ccc2c(O[C@@H]3C[C@H]4C(=O)N[C@]5(C(=O)NS(=O)(=O)C6(CF)CC6)C[C@H]5C=CCC[C@@H](C)C[C@@H](C)[C@H](N(C(=O)O)C(C)(C)C(F)(F)F)C(=O)N4C3)nc3c(c2c1)CCCO3. The van der Waals surface area contributed by atoms with E-state index < -0.39 is 99.1 Å². The highest BCUT2D eigenvalue weighted by atomic mass is 32.2. The van der Waals surface area contributed by atoms with Crippen LogP contribution in [0.5, 0.6) is 17.5 Å². The quantitative estimate of drug-likeness (QED) is 0.214. The van der Waals surface area contributed by atoms with Crippen LogP contribution in [0.15, 0.2) is 30.4 Å². The largest absolute Gasteiger partial charge is 0.497 e. The van der Waals surface area contributed by atoms with Crippen LogP contribution in [0.25, 0.3) is 10.8 Å². The number of halogens is 4. The number of ether oxygens (including phenoxy) is 3. The molecule has 3 N–H and O–H groups in total. The molecule has 0 bridgehead atoms. The number of aryl methyl sites for hydroxylation is 1. The van der Waals surface area contributed by atoms with Crippen molar-refractivity contribution in [1.82, 2.24) is 24.8 Å². The number of hydrogen-bond acceptors (Lipinski definition) is 10. The van der Waals surface area contributed by atoms with Crippen LogP contribution in [0.1, 0.15) is 84.6 Å². The molecule has 3 fully saturated rings. The van der Waals surface area contributed by atoms with Crippen molar-refractivity contribution in [2.75, 3.05) is 26.9 Å². The molecule has 62 heavy (non-hydrogen) atoms. The summed E-state index contributed by atoms with van der Waals surface area (Å²) in [7, 11) is -3.00. The maximum absolute atomic E-state index is 15.1. The first-order chi connectivity index (χ1) is 29.1. The highest BCUT2D eigenvalue weighted by Gasteiger charge is 2.64. The lowest BCUT2D eigenvalue weighted by Gasteiger charge is -2.45. The first-order valence-corrected chi connectivity index (χ1v) is 22.4. The van der Waals surface area contributed by atoms with Gasteiger partial charge < -0.3 is 29.5 Å². The minimum atomic E-state index is -5.13. The molecule has 1 saturated heterocycles. The summed E-state index contributed by atoms with van der Waals surface area (Å²) in [5, 5.41) is 14.5. The van der Waals surface area contributed by atoms with E-state index >= 15 is 4.79 Å². The number of methoxy groups -OCH3 is 1. The first kappa shape index (κ1) is 45.2. The van der Waals surface area contributed by atoms with Gasteiger partial charge in [0.25, 0.3) is 5.91 Å². The van der Waals surface area contributed by atoms with Gasteiger partial charge in [0.05, 0.1) is 20.3 Å². The van der Waals surface area contributed by atoms with Crippen molar-refractivity contribution in [3.8, 4) is 17.5 Å². The highest BCUT2D eigenvalue weighted by molar-refractivity contribution is 7.91. The molecule has 3 aliphatic heterocycles. The third-order valence-electron chi connectivity index (χ3n) is 13.3. The van der Waals surface area contributed by atoms with E-state index in [4.69, 9.17) is 14.2 Å². The summed E-state index contributed by atoms with van der Waals surface area (Å²) in [6.45, 7) is 3.43. The lowest BCUT2D eigenvalue weighted by Crippen LogP contribution is -2.66. The Morgan fingerprint density at radius 1 is 1.15 bits per heavy atom. The van der Waals surface area contributed by atoms with Gasteiger partial charge >= 0.3 is 12.3 Å². The topological polar surface area (TPSA) is 194 Å². The molecule has 7 rings (SSSR count). The summed E-state index contributed by atoms with van der Waals surface area (Å²) in [6, 6.07) is 1.72. The molecule has 1 aromatic heterocycles. The van der Waals surface area contributed by atoms with Crippen molar-refractivity contribution < 1.29 is 64.5 Å². The fourth-order valence-corrected chi connectivity index (χ4v) is 10.6. The zero-order chi connectivity index (χ0) is 45.2. The van der Waals surface area contributed by atoms with E-state index in [0.29, 0.717) is 56.7 Å². The van der Waals surface area contributed by atoms with Crippen molar-refractivity contribution in [3.63, 3.8) is 0 Å². The number of nitrogens with one attached hydrogen (secondary N) is 2.